The molecule has 190 valence electrons. The molecule has 0 bridgehead atoms. The smallest absolute Gasteiger partial charge is 0.243 e. The predicted octanol–water partition coefficient (Wildman–Crippen LogP) is 5.97. The largest absolute Gasteiger partial charge is 0.494 e. The van der Waals surface area contributed by atoms with Gasteiger partial charge in [0.2, 0.25) is 11.8 Å². The van der Waals surface area contributed by atoms with Crippen molar-refractivity contribution in [3.8, 4) is 5.75 Å². The van der Waals surface area contributed by atoms with Crippen molar-refractivity contribution >= 4 is 23.4 Å². The topological polar surface area (TPSA) is 58.6 Å². The molecule has 0 fully saturated rings. The van der Waals surface area contributed by atoms with Crippen LogP contribution in [0, 0.1) is 6.92 Å². The van der Waals surface area contributed by atoms with Gasteiger partial charge in [0.05, 0.1) is 6.61 Å². The third-order valence-corrected chi connectivity index (χ3v) is 6.16. The second-order valence-corrected chi connectivity index (χ2v) is 9.35. The number of ether oxygens (including phenoxy) is 1. The summed E-state index contributed by atoms with van der Waals surface area (Å²) in [5, 5.41) is 3.66. The number of amides is 2. The van der Waals surface area contributed by atoms with Crippen molar-refractivity contribution < 1.29 is 14.3 Å². The lowest BCUT2D eigenvalue weighted by atomic mass is 10.0. The molecule has 0 saturated carbocycles. The predicted molar refractivity (Wildman–Crippen MR) is 145 cm³/mol. The number of aryl methyl sites for hydroxylation is 1. The van der Waals surface area contributed by atoms with Crippen LogP contribution in [0.5, 0.6) is 5.75 Å². The Morgan fingerprint density at radius 3 is 2.31 bits per heavy atom. The number of hydrogen-bond acceptors (Lipinski definition) is 3. The molecule has 2 amide bonds. The minimum Gasteiger partial charge on any atom is -0.494 e. The molecule has 0 aliphatic carbocycles. The quantitative estimate of drug-likeness (QED) is 0.290. The molecule has 1 N–H and O–H groups in total. The van der Waals surface area contributed by atoms with Gasteiger partial charge in [-0.2, -0.15) is 0 Å². The highest BCUT2D eigenvalue weighted by Crippen LogP contribution is 2.18. The monoisotopic (exact) mass is 506 g/mol. The van der Waals surface area contributed by atoms with Gasteiger partial charge < -0.3 is 15.0 Å². The minimum absolute atomic E-state index is 0.0668. The van der Waals surface area contributed by atoms with Crippen LogP contribution < -0.4 is 10.1 Å². The van der Waals surface area contributed by atoms with E-state index >= 15 is 0 Å². The van der Waals surface area contributed by atoms with Gasteiger partial charge in [0.1, 0.15) is 11.8 Å². The first-order valence-corrected chi connectivity index (χ1v) is 12.9. The maximum Gasteiger partial charge on any atom is 0.243 e. The van der Waals surface area contributed by atoms with Gasteiger partial charge in [-0.3, -0.25) is 9.59 Å². The third kappa shape index (κ3) is 8.72. The maximum absolute atomic E-state index is 13.6. The van der Waals surface area contributed by atoms with Gasteiger partial charge in [0, 0.05) is 31.0 Å². The van der Waals surface area contributed by atoms with Crippen molar-refractivity contribution in [2.75, 3.05) is 13.2 Å². The molecule has 0 saturated heterocycles. The average molecular weight is 507 g/mol. The summed E-state index contributed by atoms with van der Waals surface area (Å²) in [6, 6.07) is 24.5. The van der Waals surface area contributed by atoms with E-state index in [1.165, 1.54) is 0 Å². The average Bonchev–Trinajstić information content (AvgIpc) is 2.89. The number of carbonyl (C=O) groups is 2. The highest BCUT2D eigenvalue weighted by Gasteiger charge is 2.30. The summed E-state index contributed by atoms with van der Waals surface area (Å²) in [4.78, 5) is 28.6. The van der Waals surface area contributed by atoms with E-state index in [4.69, 9.17) is 16.3 Å². The summed E-state index contributed by atoms with van der Waals surface area (Å²) < 4.78 is 5.77. The van der Waals surface area contributed by atoms with Crippen LogP contribution in [0.15, 0.2) is 78.9 Å². The fourth-order valence-electron chi connectivity index (χ4n) is 3.90. The maximum atomic E-state index is 13.6. The fraction of sp³-hybridized carbons (Fsp3) is 0.333. The van der Waals surface area contributed by atoms with Crippen LogP contribution in [0.25, 0.3) is 0 Å². The lowest BCUT2D eigenvalue weighted by molar-refractivity contribution is -0.141. The van der Waals surface area contributed by atoms with Crippen LogP contribution in [0.4, 0.5) is 0 Å². The number of hydrogen-bond donors (Lipinski definition) is 1. The van der Waals surface area contributed by atoms with Crippen LogP contribution in [-0.2, 0) is 22.6 Å². The zero-order chi connectivity index (χ0) is 25.8. The van der Waals surface area contributed by atoms with Gasteiger partial charge in [0.15, 0.2) is 0 Å². The van der Waals surface area contributed by atoms with E-state index in [1.807, 2.05) is 80.6 Å². The third-order valence-electron chi connectivity index (χ3n) is 5.91. The highest BCUT2D eigenvalue weighted by atomic mass is 35.5. The van der Waals surface area contributed by atoms with Crippen LogP contribution in [0.2, 0.25) is 5.02 Å². The standard InChI is InChI=1S/C30H35ClN2O3/c1-3-19-32-30(35)28(21-24-8-5-4-6-9-24)33(22-25-13-11-23(2)12-14-25)29(34)10-7-20-36-27-17-15-26(31)16-18-27/h4-6,8-9,11-18,28H,3,7,10,19-22H2,1-2H3,(H,32,35)/t28-/m0/s1. The number of carbonyl (C=O) groups excluding carboxylic acids is 2. The van der Waals surface area contributed by atoms with Crippen molar-refractivity contribution in [2.45, 2.75) is 52.1 Å². The van der Waals surface area contributed by atoms with E-state index in [1.54, 1.807) is 17.0 Å². The van der Waals surface area contributed by atoms with Crippen molar-refractivity contribution in [3.05, 3.63) is 101 Å². The zero-order valence-corrected chi connectivity index (χ0v) is 21.8. The normalized spacial score (nSPS) is 11.5. The molecule has 36 heavy (non-hydrogen) atoms. The summed E-state index contributed by atoms with van der Waals surface area (Å²) in [7, 11) is 0. The molecular formula is C30H35ClN2O3. The molecule has 1 atom stereocenters. The lowest BCUT2D eigenvalue weighted by Gasteiger charge is -2.31. The van der Waals surface area contributed by atoms with Gasteiger partial charge in [-0.05, 0) is 55.2 Å². The number of nitrogens with one attached hydrogen (secondary N) is 1. The Labute approximate surface area is 219 Å². The Morgan fingerprint density at radius 1 is 0.944 bits per heavy atom. The summed E-state index contributed by atoms with van der Waals surface area (Å²) >= 11 is 5.93. The number of benzene rings is 3. The Hall–Kier alpha value is -3.31. The second-order valence-electron chi connectivity index (χ2n) is 8.91. The van der Waals surface area contributed by atoms with Crippen LogP contribution >= 0.6 is 11.6 Å². The van der Waals surface area contributed by atoms with E-state index in [0.29, 0.717) is 43.3 Å². The highest BCUT2D eigenvalue weighted by molar-refractivity contribution is 6.30. The van der Waals surface area contributed by atoms with Crippen molar-refractivity contribution in [1.82, 2.24) is 10.2 Å². The molecule has 5 nitrogen and oxygen atoms in total. The number of rotatable bonds is 13. The first-order valence-electron chi connectivity index (χ1n) is 12.5. The summed E-state index contributed by atoms with van der Waals surface area (Å²) in [5.74, 6) is 0.519. The van der Waals surface area contributed by atoms with E-state index < -0.39 is 6.04 Å². The molecule has 0 spiro atoms. The molecule has 0 radical (unpaired) electrons. The summed E-state index contributed by atoms with van der Waals surface area (Å²) in [6.07, 6.45) is 2.11. The van der Waals surface area contributed by atoms with Gasteiger partial charge in [0.25, 0.3) is 0 Å². The lowest BCUT2D eigenvalue weighted by Crippen LogP contribution is -2.50. The first kappa shape index (κ1) is 27.3. The Balaban J connectivity index is 1.76. The van der Waals surface area contributed by atoms with Gasteiger partial charge in [-0.15, -0.1) is 0 Å². The van der Waals surface area contributed by atoms with Crippen molar-refractivity contribution in [3.63, 3.8) is 0 Å². The molecule has 0 aromatic heterocycles. The van der Waals surface area contributed by atoms with Gasteiger partial charge in [-0.1, -0.05) is 78.7 Å². The second kappa shape index (κ2) is 14.3. The number of nitrogens with zero attached hydrogens (tertiary/aromatic N) is 1. The van der Waals surface area contributed by atoms with E-state index in [9.17, 15) is 9.59 Å². The molecule has 0 aliphatic heterocycles. The first-order chi connectivity index (χ1) is 17.5. The Morgan fingerprint density at radius 2 is 1.64 bits per heavy atom. The van der Waals surface area contributed by atoms with Gasteiger partial charge in [-0.25, -0.2) is 0 Å². The molecule has 3 aromatic rings. The minimum atomic E-state index is -0.607. The van der Waals surface area contributed by atoms with Crippen molar-refractivity contribution in [2.24, 2.45) is 0 Å². The fourth-order valence-corrected chi connectivity index (χ4v) is 4.02. The Bertz CT molecular complexity index is 1090. The molecular weight excluding hydrogens is 472 g/mol. The molecule has 0 heterocycles. The van der Waals surface area contributed by atoms with Gasteiger partial charge >= 0.3 is 0 Å². The van der Waals surface area contributed by atoms with E-state index in [2.05, 4.69) is 5.32 Å². The molecule has 6 heteroatoms. The number of halogens is 1. The van der Waals surface area contributed by atoms with Crippen LogP contribution in [0.1, 0.15) is 42.9 Å². The molecule has 3 rings (SSSR count). The van der Waals surface area contributed by atoms with Crippen LogP contribution in [-0.4, -0.2) is 35.9 Å². The van der Waals surface area contributed by atoms with E-state index in [-0.39, 0.29) is 18.2 Å². The molecule has 0 aliphatic rings. The Kier molecular flexibility index (Phi) is 10.8. The zero-order valence-electron chi connectivity index (χ0n) is 21.1. The summed E-state index contributed by atoms with van der Waals surface area (Å²) in [5.41, 5.74) is 3.16. The summed E-state index contributed by atoms with van der Waals surface area (Å²) in [6.45, 7) is 5.39. The van der Waals surface area contributed by atoms with Crippen LogP contribution in [0.3, 0.4) is 0 Å². The molecule has 0 unspecified atom stereocenters. The molecule has 3 aromatic carbocycles. The van der Waals surface area contributed by atoms with Crippen molar-refractivity contribution in [1.29, 1.82) is 0 Å². The SMILES string of the molecule is CCCNC(=O)[C@H](Cc1ccccc1)N(Cc1ccc(C)cc1)C(=O)CCCOc1ccc(Cl)cc1. The van der Waals surface area contributed by atoms with E-state index in [0.717, 1.165) is 23.1 Å².